The normalized spacial score (nSPS) is 21.7. The van der Waals surface area contributed by atoms with E-state index in [-0.39, 0.29) is 29.1 Å². The Bertz CT molecular complexity index is 946. The molecule has 140 valence electrons. The van der Waals surface area contributed by atoms with Crippen molar-refractivity contribution >= 4 is 28.9 Å². The van der Waals surface area contributed by atoms with Gasteiger partial charge in [0, 0.05) is 35.3 Å². The molecule has 2 heterocycles. The number of amides is 1. The van der Waals surface area contributed by atoms with Crippen LogP contribution in [0.15, 0.2) is 36.4 Å². The molecule has 0 bridgehead atoms. The standard InChI is InChI=1S/C20H20ClN3O3/c1-12-3-5-17-14(9-12)16-11-22(2)8-7-18(16)23(17)20(25)15-10-13(21)4-6-19(15)24(26)27/h3-6,9-10,16,18H,7-8,11H2,1-2H3/t16-,18+/m0/s1. The topological polar surface area (TPSA) is 66.7 Å². The fourth-order valence-corrected chi connectivity index (χ4v) is 4.49. The van der Waals surface area contributed by atoms with Gasteiger partial charge in [0.2, 0.25) is 0 Å². The number of fused-ring (bicyclic) bond motifs is 3. The molecule has 2 aromatic carbocycles. The van der Waals surface area contributed by atoms with Gasteiger partial charge in [-0.2, -0.15) is 0 Å². The van der Waals surface area contributed by atoms with Crippen LogP contribution in [0, 0.1) is 17.0 Å². The van der Waals surface area contributed by atoms with Crippen molar-refractivity contribution in [3.8, 4) is 0 Å². The Kier molecular flexibility index (Phi) is 4.40. The quantitative estimate of drug-likeness (QED) is 0.578. The lowest BCUT2D eigenvalue weighted by Gasteiger charge is -2.36. The number of nitro groups is 1. The van der Waals surface area contributed by atoms with E-state index in [1.165, 1.54) is 18.2 Å². The smallest absolute Gasteiger partial charge is 0.282 e. The summed E-state index contributed by atoms with van der Waals surface area (Å²) >= 11 is 6.05. The number of hydrogen-bond acceptors (Lipinski definition) is 4. The summed E-state index contributed by atoms with van der Waals surface area (Å²) in [6.45, 7) is 3.78. The Labute approximate surface area is 162 Å². The Hall–Kier alpha value is -2.44. The zero-order valence-corrected chi connectivity index (χ0v) is 15.9. The van der Waals surface area contributed by atoms with Crippen LogP contribution >= 0.6 is 11.6 Å². The Balaban J connectivity index is 1.83. The minimum absolute atomic E-state index is 0.00378. The lowest BCUT2D eigenvalue weighted by molar-refractivity contribution is -0.385. The third kappa shape index (κ3) is 2.99. The largest absolute Gasteiger partial charge is 0.306 e. The molecule has 2 atom stereocenters. The molecule has 1 fully saturated rings. The average molecular weight is 386 g/mol. The molecule has 2 aliphatic rings. The highest BCUT2D eigenvalue weighted by Crippen LogP contribution is 2.46. The van der Waals surface area contributed by atoms with E-state index >= 15 is 0 Å². The van der Waals surface area contributed by atoms with Crippen molar-refractivity contribution in [3.05, 3.63) is 68.2 Å². The number of rotatable bonds is 2. The lowest BCUT2D eigenvalue weighted by Crippen LogP contribution is -2.47. The number of benzene rings is 2. The van der Waals surface area contributed by atoms with E-state index < -0.39 is 4.92 Å². The van der Waals surface area contributed by atoms with Crippen molar-refractivity contribution in [3.63, 3.8) is 0 Å². The van der Waals surface area contributed by atoms with Crippen LogP contribution in [0.1, 0.15) is 33.8 Å². The van der Waals surface area contributed by atoms with Crippen molar-refractivity contribution in [1.29, 1.82) is 0 Å². The predicted octanol–water partition coefficient (Wildman–Crippen LogP) is 4.00. The summed E-state index contributed by atoms with van der Waals surface area (Å²) in [6.07, 6.45) is 0.828. The van der Waals surface area contributed by atoms with Crippen molar-refractivity contribution in [2.24, 2.45) is 0 Å². The van der Waals surface area contributed by atoms with Crippen LogP contribution in [0.5, 0.6) is 0 Å². The molecule has 0 aliphatic carbocycles. The minimum Gasteiger partial charge on any atom is -0.306 e. The molecule has 7 heteroatoms. The third-order valence-electron chi connectivity index (χ3n) is 5.56. The number of nitro benzene ring substituents is 1. The van der Waals surface area contributed by atoms with E-state index in [0.29, 0.717) is 5.02 Å². The molecule has 4 rings (SSSR count). The molecule has 2 aliphatic heterocycles. The van der Waals surface area contributed by atoms with E-state index in [9.17, 15) is 14.9 Å². The molecule has 27 heavy (non-hydrogen) atoms. The molecule has 0 radical (unpaired) electrons. The molecule has 0 spiro atoms. The number of nitrogens with zero attached hydrogens (tertiary/aromatic N) is 3. The van der Waals surface area contributed by atoms with Gasteiger partial charge < -0.3 is 9.80 Å². The second-order valence-corrected chi connectivity index (χ2v) is 7.82. The fourth-order valence-electron chi connectivity index (χ4n) is 4.31. The maximum Gasteiger partial charge on any atom is 0.282 e. The van der Waals surface area contributed by atoms with E-state index in [0.717, 1.165) is 36.3 Å². The van der Waals surface area contributed by atoms with Crippen LogP contribution in [0.2, 0.25) is 5.02 Å². The maximum atomic E-state index is 13.5. The maximum absolute atomic E-state index is 13.5. The van der Waals surface area contributed by atoms with Gasteiger partial charge in [0.15, 0.2) is 0 Å². The Morgan fingerprint density at radius 1 is 1.26 bits per heavy atom. The van der Waals surface area contributed by atoms with Crippen molar-refractivity contribution in [2.45, 2.75) is 25.3 Å². The highest BCUT2D eigenvalue weighted by molar-refractivity contribution is 6.31. The zero-order chi connectivity index (χ0) is 19.3. The van der Waals surface area contributed by atoms with Gasteiger partial charge in [-0.1, -0.05) is 29.3 Å². The first kappa shape index (κ1) is 17.9. The van der Waals surface area contributed by atoms with Crippen LogP contribution in [0.3, 0.4) is 0 Å². The molecule has 1 amide bonds. The number of carbonyl (C=O) groups excluding carboxylic acids is 1. The second kappa shape index (κ2) is 6.62. The van der Waals surface area contributed by atoms with E-state index in [1.807, 2.05) is 19.1 Å². The highest BCUT2D eigenvalue weighted by atomic mass is 35.5. The van der Waals surface area contributed by atoms with Crippen LogP contribution in [-0.4, -0.2) is 41.9 Å². The second-order valence-electron chi connectivity index (χ2n) is 7.38. The van der Waals surface area contributed by atoms with Gasteiger partial charge in [-0.05, 0) is 50.7 Å². The first-order valence-corrected chi connectivity index (χ1v) is 9.31. The van der Waals surface area contributed by atoms with Gasteiger partial charge in [-0.3, -0.25) is 14.9 Å². The molecule has 1 saturated heterocycles. The summed E-state index contributed by atoms with van der Waals surface area (Å²) in [5.74, 6) is -0.146. The van der Waals surface area contributed by atoms with E-state index in [4.69, 9.17) is 11.6 Å². The van der Waals surface area contributed by atoms with Crippen LogP contribution < -0.4 is 4.90 Å². The van der Waals surface area contributed by atoms with Gasteiger partial charge in [0.05, 0.1) is 4.92 Å². The zero-order valence-electron chi connectivity index (χ0n) is 15.2. The number of anilines is 1. The minimum atomic E-state index is -0.526. The van der Waals surface area contributed by atoms with Gasteiger partial charge >= 0.3 is 0 Å². The monoisotopic (exact) mass is 385 g/mol. The number of likely N-dealkylation sites (N-methyl/N-ethyl adjacent to an activating group) is 1. The number of hydrogen-bond donors (Lipinski definition) is 0. The van der Waals surface area contributed by atoms with Crippen molar-refractivity contribution < 1.29 is 9.72 Å². The first-order valence-electron chi connectivity index (χ1n) is 8.93. The lowest BCUT2D eigenvalue weighted by atomic mass is 9.88. The molecule has 0 N–H and O–H groups in total. The van der Waals surface area contributed by atoms with Crippen LogP contribution in [0.4, 0.5) is 11.4 Å². The number of aryl methyl sites for hydroxylation is 1. The predicted molar refractivity (Wildman–Crippen MR) is 105 cm³/mol. The molecular formula is C20H20ClN3O3. The fraction of sp³-hybridized carbons (Fsp3) is 0.350. The third-order valence-corrected chi connectivity index (χ3v) is 5.79. The highest BCUT2D eigenvalue weighted by Gasteiger charge is 2.45. The number of halogens is 1. The first-order chi connectivity index (χ1) is 12.9. The molecule has 6 nitrogen and oxygen atoms in total. The summed E-state index contributed by atoms with van der Waals surface area (Å²) in [7, 11) is 2.08. The number of piperidine rings is 1. The van der Waals surface area contributed by atoms with Crippen molar-refractivity contribution in [1.82, 2.24) is 4.90 Å². The number of carbonyl (C=O) groups is 1. The van der Waals surface area contributed by atoms with Crippen LogP contribution in [-0.2, 0) is 0 Å². The summed E-state index contributed by atoms with van der Waals surface area (Å²) in [5, 5.41) is 11.8. The molecule has 2 aromatic rings. The molecule has 0 unspecified atom stereocenters. The summed E-state index contributed by atoms with van der Waals surface area (Å²) < 4.78 is 0. The summed E-state index contributed by atoms with van der Waals surface area (Å²) in [4.78, 5) is 28.4. The SMILES string of the molecule is Cc1ccc2c(c1)[C@@H]1CN(C)CC[C@H]1N2C(=O)c1cc(Cl)ccc1[N+](=O)[O-]. The van der Waals surface area contributed by atoms with Crippen LogP contribution in [0.25, 0.3) is 0 Å². The van der Waals surface area contributed by atoms with Gasteiger partial charge in [-0.15, -0.1) is 0 Å². The Morgan fingerprint density at radius 2 is 2.04 bits per heavy atom. The van der Waals surface area contributed by atoms with Crippen molar-refractivity contribution in [2.75, 3.05) is 25.0 Å². The average Bonchev–Trinajstić information content (AvgIpc) is 2.93. The molecule has 0 aromatic heterocycles. The summed E-state index contributed by atoms with van der Waals surface area (Å²) in [5.41, 5.74) is 2.96. The van der Waals surface area contributed by atoms with E-state index in [1.54, 1.807) is 4.90 Å². The van der Waals surface area contributed by atoms with Gasteiger partial charge in [0.25, 0.3) is 11.6 Å². The molecular weight excluding hydrogens is 366 g/mol. The van der Waals surface area contributed by atoms with Gasteiger partial charge in [-0.25, -0.2) is 0 Å². The summed E-state index contributed by atoms with van der Waals surface area (Å²) in [6, 6.07) is 10.2. The Morgan fingerprint density at radius 3 is 2.78 bits per heavy atom. The number of likely N-dealkylation sites (tertiary alicyclic amines) is 1. The van der Waals surface area contributed by atoms with E-state index in [2.05, 4.69) is 18.0 Å². The van der Waals surface area contributed by atoms with Gasteiger partial charge in [0.1, 0.15) is 5.56 Å². The molecule has 0 saturated carbocycles.